The fraction of sp³-hybridized carbons (Fsp3) is 0.310. The van der Waals surface area contributed by atoms with Gasteiger partial charge in [-0.1, -0.05) is 110 Å². The zero-order valence-corrected chi connectivity index (χ0v) is 18.8. The van der Waals surface area contributed by atoms with E-state index in [-0.39, 0.29) is 12.5 Å². The molecule has 1 aliphatic carbocycles. The van der Waals surface area contributed by atoms with Crippen LogP contribution in [0.2, 0.25) is 0 Å². The van der Waals surface area contributed by atoms with E-state index in [0.29, 0.717) is 0 Å². The Morgan fingerprint density at radius 1 is 0.697 bits per heavy atom. The summed E-state index contributed by atoms with van der Waals surface area (Å²) in [5, 5.41) is 0. The van der Waals surface area contributed by atoms with Gasteiger partial charge in [0.15, 0.2) is 0 Å². The molecule has 0 N–H and O–H groups in total. The average molecular weight is 443 g/mol. The first-order chi connectivity index (χ1) is 16.2. The lowest BCUT2D eigenvalue weighted by Crippen LogP contribution is -2.38. The molecule has 170 valence electrons. The van der Waals surface area contributed by atoms with Crippen molar-refractivity contribution in [2.45, 2.75) is 50.7 Å². The second-order valence-corrected chi connectivity index (χ2v) is 8.60. The summed E-state index contributed by atoms with van der Waals surface area (Å²) in [6.45, 7) is 0.168. The van der Waals surface area contributed by atoms with E-state index in [4.69, 9.17) is 9.47 Å². The number of benzene rings is 3. The third-order valence-corrected chi connectivity index (χ3v) is 6.28. The van der Waals surface area contributed by atoms with Crippen molar-refractivity contribution in [3.05, 3.63) is 108 Å². The molecule has 3 aromatic carbocycles. The van der Waals surface area contributed by atoms with Crippen LogP contribution in [0.25, 0.3) is 0 Å². The van der Waals surface area contributed by atoms with E-state index in [0.717, 1.165) is 48.8 Å². The highest BCUT2D eigenvalue weighted by atomic mass is 16.6. The molecule has 0 aromatic heterocycles. The summed E-state index contributed by atoms with van der Waals surface area (Å²) in [5.41, 5.74) is 2.59. The molecule has 4 heteroatoms. The lowest BCUT2D eigenvalue weighted by molar-refractivity contribution is -0.174. The number of esters is 2. The van der Waals surface area contributed by atoms with Crippen LogP contribution in [0.4, 0.5) is 0 Å². The maximum atomic E-state index is 13.5. The molecular formula is C29H30O4. The second-order valence-electron chi connectivity index (χ2n) is 8.60. The molecule has 4 nitrogen and oxygen atoms in total. The SMILES string of the molecule is O=C(O[C@@H](C(=O)OCc1ccccc1)C1CCCCC1)C(c1ccccc1)c1ccccc1. The minimum atomic E-state index is -0.892. The van der Waals surface area contributed by atoms with E-state index in [1.165, 1.54) is 0 Å². The van der Waals surface area contributed by atoms with Crippen LogP contribution >= 0.6 is 0 Å². The van der Waals surface area contributed by atoms with Gasteiger partial charge in [-0.15, -0.1) is 0 Å². The van der Waals surface area contributed by atoms with Gasteiger partial charge in [0.1, 0.15) is 12.5 Å². The van der Waals surface area contributed by atoms with Crippen LogP contribution in [0.3, 0.4) is 0 Å². The van der Waals surface area contributed by atoms with Gasteiger partial charge in [0.25, 0.3) is 0 Å². The Labute approximate surface area is 195 Å². The first-order valence-electron chi connectivity index (χ1n) is 11.7. The Kier molecular flexibility index (Phi) is 7.91. The Morgan fingerprint density at radius 2 is 1.21 bits per heavy atom. The van der Waals surface area contributed by atoms with Crippen molar-refractivity contribution in [2.24, 2.45) is 5.92 Å². The topological polar surface area (TPSA) is 52.6 Å². The minimum absolute atomic E-state index is 0.0156. The van der Waals surface area contributed by atoms with Gasteiger partial charge in [-0.2, -0.15) is 0 Å². The summed E-state index contributed by atoms with van der Waals surface area (Å²) >= 11 is 0. The van der Waals surface area contributed by atoms with E-state index in [2.05, 4.69) is 0 Å². The molecule has 1 atom stereocenters. The van der Waals surface area contributed by atoms with E-state index in [9.17, 15) is 9.59 Å². The Hall–Kier alpha value is -3.40. The molecule has 0 amide bonds. The Bertz CT molecular complexity index is 972. The van der Waals surface area contributed by atoms with Crippen LogP contribution in [-0.2, 0) is 25.7 Å². The molecule has 0 radical (unpaired) electrons. The van der Waals surface area contributed by atoms with Crippen LogP contribution in [0.5, 0.6) is 0 Å². The summed E-state index contributed by atoms with van der Waals surface area (Å²) in [7, 11) is 0. The fourth-order valence-corrected chi connectivity index (χ4v) is 4.53. The Balaban J connectivity index is 1.55. The maximum Gasteiger partial charge on any atom is 0.348 e. The third-order valence-electron chi connectivity index (χ3n) is 6.28. The van der Waals surface area contributed by atoms with Crippen LogP contribution in [-0.4, -0.2) is 18.0 Å². The number of ether oxygens (including phenoxy) is 2. The lowest BCUT2D eigenvalue weighted by Gasteiger charge is -2.30. The van der Waals surface area contributed by atoms with E-state index < -0.39 is 24.0 Å². The van der Waals surface area contributed by atoms with Crippen LogP contribution in [0.1, 0.15) is 54.7 Å². The lowest BCUT2D eigenvalue weighted by atomic mass is 9.85. The van der Waals surface area contributed by atoms with E-state index in [1.54, 1.807) is 0 Å². The molecular weight excluding hydrogens is 412 g/mol. The van der Waals surface area contributed by atoms with Crippen molar-refractivity contribution in [3.8, 4) is 0 Å². The van der Waals surface area contributed by atoms with Gasteiger partial charge in [-0.05, 0) is 29.5 Å². The highest BCUT2D eigenvalue weighted by Crippen LogP contribution is 2.32. The minimum Gasteiger partial charge on any atom is -0.458 e. The van der Waals surface area contributed by atoms with Crippen molar-refractivity contribution >= 4 is 11.9 Å². The Morgan fingerprint density at radius 3 is 1.76 bits per heavy atom. The molecule has 0 heterocycles. The van der Waals surface area contributed by atoms with Crippen LogP contribution in [0.15, 0.2) is 91.0 Å². The largest absolute Gasteiger partial charge is 0.458 e. The third kappa shape index (κ3) is 6.10. The van der Waals surface area contributed by atoms with Gasteiger partial charge < -0.3 is 9.47 Å². The quantitative estimate of drug-likeness (QED) is 0.398. The fourth-order valence-electron chi connectivity index (χ4n) is 4.53. The van der Waals surface area contributed by atoms with Crippen molar-refractivity contribution < 1.29 is 19.1 Å². The van der Waals surface area contributed by atoms with Crippen molar-refractivity contribution in [1.82, 2.24) is 0 Å². The average Bonchev–Trinajstić information content (AvgIpc) is 2.88. The second kappa shape index (κ2) is 11.5. The molecule has 0 unspecified atom stereocenters. The molecule has 0 spiro atoms. The molecule has 1 saturated carbocycles. The molecule has 3 aromatic rings. The van der Waals surface area contributed by atoms with Crippen molar-refractivity contribution in [2.75, 3.05) is 0 Å². The molecule has 33 heavy (non-hydrogen) atoms. The summed E-state index contributed by atoms with van der Waals surface area (Å²) in [5.74, 6) is -1.49. The standard InChI is InChI=1S/C29H30O4/c30-28(26(23-15-7-2-8-16-23)24-17-9-3-10-18-24)33-27(25-19-11-4-12-20-25)29(31)32-21-22-13-5-1-6-14-22/h1-3,5-10,13-18,25-27H,4,11-12,19-21H2/t27-/m1/s1. The van der Waals surface area contributed by atoms with E-state index in [1.807, 2.05) is 91.0 Å². The summed E-state index contributed by atoms with van der Waals surface area (Å²) < 4.78 is 11.6. The summed E-state index contributed by atoms with van der Waals surface area (Å²) in [6, 6.07) is 28.7. The highest BCUT2D eigenvalue weighted by molar-refractivity contribution is 5.85. The maximum absolute atomic E-state index is 13.5. The molecule has 4 rings (SSSR count). The predicted octanol–water partition coefficient (Wildman–Crippen LogP) is 6.05. The summed E-state index contributed by atoms with van der Waals surface area (Å²) in [4.78, 5) is 26.7. The number of rotatable bonds is 8. The van der Waals surface area contributed by atoms with E-state index >= 15 is 0 Å². The molecule has 0 bridgehead atoms. The van der Waals surface area contributed by atoms with Crippen molar-refractivity contribution in [1.29, 1.82) is 0 Å². The molecule has 1 fully saturated rings. The molecule has 0 saturated heterocycles. The van der Waals surface area contributed by atoms with Gasteiger partial charge >= 0.3 is 11.9 Å². The predicted molar refractivity (Wildman–Crippen MR) is 127 cm³/mol. The zero-order chi connectivity index (χ0) is 22.9. The number of carbonyl (C=O) groups is 2. The van der Waals surface area contributed by atoms with Crippen LogP contribution in [0, 0.1) is 5.92 Å². The van der Waals surface area contributed by atoms with Crippen LogP contribution < -0.4 is 0 Å². The summed E-state index contributed by atoms with van der Waals surface area (Å²) in [6.07, 6.45) is 4.04. The first kappa shape index (κ1) is 22.8. The smallest absolute Gasteiger partial charge is 0.348 e. The van der Waals surface area contributed by atoms with Gasteiger partial charge in [0.05, 0.1) is 0 Å². The van der Waals surface area contributed by atoms with Gasteiger partial charge in [-0.3, -0.25) is 4.79 Å². The zero-order valence-electron chi connectivity index (χ0n) is 18.8. The monoisotopic (exact) mass is 442 g/mol. The normalized spacial score (nSPS) is 15.1. The number of carbonyl (C=O) groups excluding carboxylic acids is 2. The first-order valence-corrected chi connectivity index (χ1v) is 11.7. The molecule has 0 aliphatic heterocycles. The number of hydrogen-bond acceptors (Lipinski definition) is 4. The van der Waals surface area contributed by atoms with Gasteiger partial charge in [-0.25, -0.2) is 4.79 Å². The highest BCUT2D eigenvalue weighted by Gasteiger charge is 2.36. The van der Waals surface area contributed by atoms with Crippen molar-refractivity contribution in [3.63, 3.8) is 0 Å². The molecule has 1 aliphatic rings. The van der Waals surface area contributed by atoms with Gasteiger partial charge in [0.2, 0.25) is 6.10 Å². The number of hydrogen-bond donors (Lipinski definition) is 0. The van der Waals surface area contributed by atoms with Gasteiger partial charge in [0, 0.05) is 5.92 Å².